The van der Waals surface area contributed by atoms with Crippen molar-refractivity contribution in [1.29, 1.82) is 0 Å². The summed E-state index contributed by atoms with van der Waals surface area (Å²) in [6.45, 7) is 2.00. The van der Waals surface area contributed by atoms with Gasteiger partial charge in [-0.1, -0.05) is 60.7 Å². The number of carbonyl (C=O) groups is 1. The highest BCUT2D eigenvalue weighted by Crippen LogP contribution is 2.29. The molecule has 4 aromatic rings. The number of nitrogens with two attached hydrogens (primary N) is 1. The lowest BCUT2D eigenvalue weighted by molar-refractivity contribution is -0.137. The molecule has 4 nitrogen and oxygen atoms in total. The lowest BCUT2D eigenvalue weighted by atomic mass is 9.94. The number of thiol groups is 1. The van der Waals surface area contributed by atoms with Crippen LogP contribution in [0.1, 0.15) is 36.0 Å². The van der Waals surface area contributed by atoms with E-state index in [1.54, 1.807) is 6.20 Å². The van der Waals surface area contributed by atoms with E-state index in [-0.39, 0.29) is 6.42 Å². The van der Waals surface area contributed by atoms with Crippen molar-refractivity contribution in [3.8, 4) is 11.1 Å². The second kappa shape index (κ2) is 13.2. The number of unbranched alkanes of at least 4 members (excludes halogenated alkanes) is 1. The molecule has 3 aromatic carbocycles. The summed E-state index contributed by atoms with van der Waals surface area (Å²) < 4.78 is 0. The number of nitrogens with zero attached hydrogens (tertiary/aromatic N) is 1. The van der Waals surface area contributed by atoms with Crippen LogP contribution in [0, 0.1) is 6.92 Å². The fourth-order valence-corrected chi connectivity index (χ4v) is 3.68. The molecule has 1 heterocycles. The van der Waals surface area contributed by atoms with Crippen LogP contribution in [-0.2, 0) is 4.79 Å². The number of para-hydroxylation sites is 1. The lowest BCUT2D eigenvalue weighted by Crippen LogP contribution is -1.94. The van der Waals surface area contributed by atoms with Crippen molar-refractivity contribution in [2.45, 2.75) is 31.1 Å². The summed E-state index contributed by atoms with van der Waals surface area (Å²) in [5.41, 5.74) is 13.0. The molecule has 0 spiro atoms. The highest BCUT2D eigenvalue weighted by Gasteiger charge is 2.07. The molecular weight excluding hydrogens is 452 g/mol. The topological polar surface area (TPSA) is 76.2 Å². The molecular formula is C30H30N2O2S. The van der Waals surface area contributed by atoms with E-state index in [2.05, 4.69) is 54.0 Å². The third-order valence-electron chi connectivity index (χ3n) is 5.48. The average molecular weight is 483 g/mol. The van der Waals surface area contributed by atoms with Crippen molar-refractivity contribution in [2.24, 2.45) is 0 Å². The predicted molar refractivity (Wildman–Crippen MR) is 148 cm³/mol. The van der Waals surface area contributed by atoms with Crippen LogP contribution in [0.2, 0.25) is 0 Å². The Labute approximate surface area is 212 Å². The van der Waals surface area contributed by atoms with Crippen molar-refractivity contribution in [3.05, 3.63) is 120 Å². The van der Waals surface area contributed by atoms with Crippen LogP contribution in [0.3, 0.4) is 0 Å². The minimum absolute atomic E-state index is 0.174. The molecule has 0 saturated carbocycles. The van der Waals surface area contributed by atoms with Crippen molar-refractivity contribution in [3.63, 3.8) is 0 Å². The first kappa shape index (κ1) is 25.8. The molecule has 0 fully saturated rings. The van der Waals surface area contributed by atoms with E-state index in [0.29, 0.717) is 12.8 Å². The molecule has 0 aliphatic carbocycles. The number of hydrogen-bond acceptors (Lipinski definition) is 4. The minimum atomic E-state index is -0.763. The van der Waals surface area contributed by atoms with E-state index in [9.17, 15) is 4.79 Å². The van der Waals surface area contributed by atoms with Crippen molar-refractivity contribution in [2.75, 3.05) is 5.73 Å². The molecule has 0 atom stereocenters. The van der Waals surface area contributed by atoms with Crippen LogP contribution in [0.5, 0.6) is 0 Å². The number of anilines is 1. The number of aromatic nitrogens is 1. The predicted octanol–water partition coefficient (Wildman–Crippen LogP) is 7.30. The Morgan fingerprint density at radius 2 is 1.69 bits per heavy atom. The SMILES string of the molecule is Cc1ccccc1N.O=C(O)CCC/C=C(/c1cccnc1)c1cccc(-c2ccc(S)cc2)c1. The first-order chi connectivity index (χ1) is 16.9. The molecule has 0 aliphatic rings. The maximum atomic E-state index is 10.8. The number of pyridine rings is 1. The Balaban J connectivity index is 0.000000363. The fourth-order valence-electron chi connectivity index (χ4n) is 3.53. The molecule has 4 rings (SSSR count). The van der Waals surface area contributed by atoms with Crippen LogP contribution in [0.25, 0.3) is 16.7 Å². The molecule has 0 unspecified atom stereocenters. The first-order valence-corrected chi connectivity index (χ1v) is 11.9. The molecule has 35 heavy (non-hydrogen) atoms. The fraction of sp³-hybridized carbons (Fsp3) is 0.133. The minimum Gasteiger partial charge on any atom is -0.481 e. The van der Waals surface area contributed by atoms with E-state index in [1.165, 1.54) is 0 Å². The average Bonchev–Trinajstić information content (AvgIpc) is 2.87. The quantitative estimate of drug-likeness (QED) is 0.147. The Hall–Kier alpha value is -3.83. The monoisotopic (exact) mass is 482 g/mol. The van der Waals surface area contributed by atoms with Crippen LogP contribution >= 0.6 is 12.6 Å². The highest BCUT2D eigenvalue weighted by atomic mass is 32.1. The van der Waals surface area contributed by atoms with E-state index in [0.717, 1.165) is 44.0 Å². The molecule has 3 N–H and O–H groups in total. The molecule has 0 saturated heterocycles. The number of allylic oxidation sites excluding steroid dienone is 1. The van der Waals surface area contributed by atoms with Crippen LogP contribution in [0.4, 0.5) is 5.69 Å². The van der Waals surface area contributed by atoms with Crippen LogP contribution in [0.15, 0.2) is 108 Å². The summed E-state index contributed by atoms with van der Waals surface area (Å²) in [5, 5.41) is 8.86. The third-order valence-corrected chi connectivity index (χ3v) is 5.78. The number of nitrogen functional groups attached to an aromatic ring is 1. The van der Waals surface area contributed by atoms with Gasteiger partial charge in [0, 0.05) is 35.0 Å². The van der Waals surface area contributed by atoms with Gasteiger partial charge in [0.1, 0.15) is 0 Å². The maximum absolute atomic E-state index is 10.8. The maximum Gasteiger partial charge on any atom is 0.303 e. The molecule has 0 radical (unpaired) electrons. The van der Waals surface area contributed by atoms with Gasteiger partial charge >= 0.3 is 5.97 Å². The van der Waals surface area contributed by atoms with Crippen molar-refractivity contribution >= 4 is 29.9 Å². The zero-order valence-corrected chi connectivity index (χ0v) is 20.7. The Morgan fingerprint density at radius 1 is 0.943 bits per heavy atom. The summed E-state index contributed by atoms with van der Waals surface area (Å²) in [5.74, 6) is -0.763. The first-order valence-electron chi connectivity index (χ1n) is 11.5. The highest BCUT2D eigenvalue weighted by molar-refractivity contribution is 7.80. The smallest absolute Gasteiger partial charge is 0.303 e. The number of benzene rings is 3. The van der Waals surface area contributed by atoms with E-state index in [4.69, 9.17) is 10.8 Å². The third kappa shape index (κ3) is 8.16. The van der Waals surface area contributed by atoms with E-state index >= 15 is 0 Å². The van der Waals surface area contributed by atoms with Gasteiger partial charge in [0.15, 0.2) is 0 Å². The van der Waals surface area contributed by atoms with Crippen LogP contribution in [-0.4, -0.2) is 16.1 Å². The molecule has 178 valence electrons. The van der Waals surface area contributed by atoms with Gasteiger partial charge in [-0.3, -0.25) is 9.78 Å². The summed E-state index contributed by atoms with van der Waals surface area (Å²) in [6, 6.07) is 28.2. The van der Waals surface area contributed by atoms with Gasteiger partial charge < -0.3 is 10.8 Å². The summed E-state index contributed by atoms with van der Waals surface area (Å²) in [4.78, 5) is 15.9. The number of aryl methyl sites for hydroxylation is 1. The summed E-state index contributed by atoms with van der Waals surface area (Å²) in [7, 11) is 0. The van der Waals surface area contributed by atoms with Crippen LogP contribution < -0.4 is 5.73 Å². The molecule has 0 bridgehead atoms. The molecule has 0 aliphatic heterocycles. The Kier molecular flexibility index (Phi) is 9.69. The number of hydrogen-bond donors (Lipinski definition) is 3. The van der Waals surface area contributed by atoms with E-state index in [1.807, 2.05) is 67.7 Å². The number of aliphatic carboxylic acids is 1. The Bertz CT molecular complexity index is 1250. The largest absolute Gasteiger partial charge is 0.481 e. The summed E-state index contributed by atoms with van der Waals surface area (Å²) in [6.07, 6.45) is 7.19. The van der Waals surface area contributed by atoms with Gasteiger partial charge in [0.05, 0.1) is 0 Å². The normalized spacial score (nSPS) is 10.9. The number of carboxylic acid groups (broad SMARTS) is 1. The van der Waals surface area contributed by atoms with Gasteiger partial charge in [-0.15, -0.1) is 12.6 Å². The van der Waals surface area contributed by atoms with Gasteiger partial charge in [0.2, 0.25) is 0 Å². The molecule has 0 amide bonds. The lowest BCUT2D eigenvalue weighted by Gasteiger charge is -2.11. The second-order valence-corrected chi connectivity index (χ2v) is 8.65. The van der Waals surface area contributed by atoms with Gasteiger partial charge in [-0.2, -0.15) is 0 Å². The molecule has 1 aromatic heterocycles. The number of carboxylic acids is 1. The molecule has 5 heteroatoms. The zero-order chi connectivity index (χ0) is 25.0. The van der Waals surface area contributed by atoms with Crippen molar-refractivity contribution in [1.82, 2.24) is 4.98 Å². The number of rotatable bonds is 7. The van der Waals surface area contributed by atoms with E-state index < -0.39 is 5.97 Å². The zero-order valence-electron chi connectivity index (χ0n) is 19.8. The second-order valence-electron chi connectivity index (χ2n) is 8.13. The standard InChI is InChI=1S/C23H21NO2S.C7H9N/c25-23(26)9-2-1-8-22(20-7-4-14-24-16-20)19-6-3-5-18(15-19)17-10-12-21(27)13-11-17;1-6-4-2-3-5-7(6)8/h3-8,10-16,27H,1-2,9H2,(H,25,26);2-5H,8H2,1H3/b22-8+;. The Morgan fingerprint density at radius 3 is 2.31 bits per heavy atom. The van der Waals surface area contributed by atoms with Gasteiger partial charge in [0.25, 0.3) is 0 Å². The van der Waals surface area contributed by atoms with Crippen molar-refractivity contribution < 1.29 is 9.90 Å². The van der Waals surface area contributed by atoms with Gasteiger partial charge in [-0.05, 0) is 77.9 Å². The van der Waals surface area contributed by atoms with Gasteiger partial charge in [-0.25, -0.2) is 0 Å². The summed E-state index contributed by atoms with van der Waals surface area (Å²) >= 11 is 4.35.